The molecule has 1 aliphatic heterocycles. The number of thioether (sulfide) groups is 1. The summed E-state index contributed by atoms with van der Waals surface area (Å²) in [4.78, 5) is 39.1. The maximum absolute atomic E-state index is 13.1. The normalized spacial score (nSPS) is 15.5. The van der Waals surface area contributed by atoms with Crippen molar-refractivity contribution in [3.63, 3.8) is 0 Å². The van der Waals surface area contributed by atoms with Crippen LogP contribution in [-0.4, -0.2) is 22.4 Å². The third kappa shape index (κ3) is 2.89. The summed E-state index contributed by atoms with van der Waals surface area (Å²) in [5, 5.41) is 6.57. The van der Waals surface area contributed by atoms with Gasteiger partial charge in [-0.3, -0.25) is 14.4 Å². The maximum atomic E-state index is 13.1. The SMILES string of the molecule is O=C(C1=NN(c2ccccc2)C(=C2C(=O)c3ccccc3C2=O)S1)c1ccccc1. The van der Waals surface area contributed by atoms with Gasteiger partial charge in [-0.05, 0) is 23.9 Å². The Kier molecular flexibility index (Phi) is 4.41. The molecule has 3 aromatic carbocycles. The number of carbonyl (C=O) groups is 3. The average molecular weight is 410 g/mol. The van der Waals surface area contributed by atoms with E-state index in [2.05, 4.69) is 5.10 Å². The van der Waals surface area contributed by atoms with Crippen molar-refractivity contribution in [2.24, 2.45) is 5.10 Å². The van der Waals surface area contributed by atoms with Crippen LogP contribution in [0, 0.1) is 0 Å². The number of ketones is 3. The summed E-state index contributed by atoms with van der Waals surface area (Å²) in [6.07, 6.45) is 0. The number of benzene rings is 3. The number of hydrogen-bond acceptors (Lipinski definition) is 6. The Morgan fingerprint density at radius 3 is 1.87 bits per heavy atom. The van der Waals surface area contributed by atoms with Gasteiger partial charge in [-0.2, -0.15) is 5.10 Å². The van der Waals surface area contributed by atoms with Gasteiger partial charge >= 0.3 is 0 Å². The minimum Gasteiger partial charge on any atom is -0.288 e. The number of rotatable bonds is 3. The van der Waals surface area contributed by atoms with Gasteiger partial charge in [0.2, 0.25) is 5.78 Å². The molecule has 0 N–H and O–H groups in total. The fraction of sp³-hybridized carbons (Fsp3) is 0. The first-order valence-electron chi connectivity index (χ1n) is 9.29. The van der Waals surface area contributed by atoms with E-state index in [9.17, 15) is 14.4 Å². The first-order valence-corrected chi connectivity index (χ1v) is 10.1. The van der Waals surface area contributed by atoms with Crippen molar-refractivity contribution in [3.05, 3.63) is 112 Å². The lowest BCUT2D eigenvalue weighted by molar-refractivity contribution is 0.0986. The van der Waals surface area contributed by atoms with Crippen molar-refractivity contribution in [3.8, 4) is 0 Å². The summed E-state index contributed by atoms with van der Waals surface area (Å²) in [5.74, 6) is -0.946. The van der Waals surface area contributed by atoms with Crippen LogP contribution in [0.3, 0.4) is 0 Å². The van der Waals surface area contributed by atoms with Crippen LogP contribution in [0.15, 0.2) is 101 Å². The molecule has 1 aliphatic carbocycles. The summed E-state index contributed by atoms with van der Waals surface area (Å²) < 4.78 is 0. The number of hydrogen-bond donors (Lipinski definition) is 0. The van der Waals surface area contributed by atoms with E-state index in [0.717, 1.165) is 11.8 Å². The van der Waals surface area contributed by atoms with Crippen molar-refractivity contribution < 1.29 is 14.4 Å². The van der Waals surface area contributed by atoms with Gasteiger partial charge in [-0.1, -0.05) is 72.8 Å². The Morgan fingerprint density at radius 2 is 1.27 bits per heavy atom. The highest BCUT2D eigenvalue weighted by Crippen LogP contribution is 2.41. The van der Waals surface area contributed by atoms with E-state index in [4.69, 9.17) is 0 Å². The van der Waals surface area contributed by atoms with Gasteiger partial charge in [0, 0.05) is 16.7 Å². The van der Waals surface area contributed by atoms with Crippen molar-refractivity contribution in [2.45, 2.75) is 0 Å². The summed E-state index contributed by atoms with van der Waals surface area (Å²) in [5.41, 5.74) is 1.96. The molecule has 1 heterocycles. The monoisotopic (exact) mass is 410 g/mol. The highest BCUT2D eigenvalue weighted by Gasteiger charge is 2.40. The number of carbonyl (C=O) groups excluding carboxylic acids is 3. The number of Topliss-reactive ketones (excluding diaryl/α,β-unsaturated/α-hetero) is 3. The first kappa shape index (κ1) is 18.3. The largest absolute Gasteiger partial charge is 0.288 e. The quantitative estimate of drug-likeness (QED) is 0.355. The third-order valence-electron chi connectivity index (χ3n) is 4.89. The van der Waals surface area contributed by atoms with Crippen LogP contribution in [0.5, 0.6) is 0 Å². The molecule has 0 bridgehead atoms. The molecule has 0 amide bonds. The minimum atomic E-state index is -0.345. The second kappa shape index (κ2) is 7.24. The second-order valence-corrected chi connectivity index (χ2v) is 7.71. The number of anilines is 1. The Bertz CT molecular complexity index is 1230. The predicted octanol–water partition coefficient (Wildman–Crippen LogP) is 4.73. The summed E-state index contributed by atoms with van der Waals surface area (Å²) in [6, 6.07) is 24.7. The van der Waals surface area contributed by atoms with Gasteiger partial charge in [-0.15, -0.1) is 0 Å². The van der Waals surface area contributed by atoms with E-state index in [1.807, 2.05) is 36.4 Å². The van der Waals surface area contributed by atoms with Crippen LogP contribution < -0.4 is 5.01 Å². The lowest BCUT2D eigenvalue weighted by Crippen LogP contribution is -2.16. The Hall–Kier alpha value is -3.77. The van der Waals surface area contributed by atoms with E-state index in [0.29, 0.717) is 27.4 Å². The predicted molar refractivity (Wildman–Crippen MR) is 117 cm³/mol. The standard InChI is InChI=1S/C24H14N2O3S/c27-20(15-9-3-1-4-10-15)23-25-26(16-11-5-2-6-12-16)24(30-23)19-21(28)17-13-7-8-14-18(17)22(19)29/h1-14H. The summed E-state index contributed by atoms with van der Waals surface area (Å²) in [7, 11) is 0. The van der Waals surface area contributed by atoms with Gasteiger partial charge in [0.1, 0.15) is 10.6 Å². The number of fused-ring (bicyclic) bond motifs is 1. The topological polar surface area (TPSA) is 66.8 Å². The Balaban J connectivity index is 1.64. The van der Waals surface area contributed by atoms with Crippen LogP contribution in [-0.2, 0) is 0 Å². The molecular formula is C24H14N2O3S. The molecule has 6 heteroatoms. The molecule has 0 saturated carbocycles. The molecule has 144 valence electrons. The zero-order chi connectivity index (χ0) is 20.7. The molecule has 0 radical (unpaired) electrons. The lowest BCUT2D eigenvalue weighted by atomic mass is 10.1. The molecule has 2 aliphatic rings. The van der Waals surface area contributed by atoms with Crippen LogP contribution in [0.2, 0.25) is 0 Å². The Labute approximate surface area is 176 Å². The third-order valence-corrected chi connectivity index (χ3v) is 5.92. The number of para-hydroxylation sites is 1. The number of hydrazone groups is 1. The number of nitrogens with zero attached hydrogens (tertiary/aromatic N) is 2. The molecule has 5 rings (SSSR count). The van der Waals surface area contributed by atoms with Gasteiger partial charge in [0.25, 0.3) is 0 Å². The minimum absolute atomic E-state index is 0.0460. The molecule has 3 aromatic rings. The molecule has 0 spiro atoms. The molecule has 0 atom stereocenters. The molecular weight excluding hydrogens is 396 g/mol. The zero-order valence-electron chi connectivity index (χ0n) is 15.6. The fourth-order valence-electron chi connectivity index (χ4n) is 3.44. The average Bonchev–Trinajstić information content (AvgIpc) is 3.34. The smallest absolute Gasteiger partial charge is 0.220 e. The van der Waals surface area contributed by atoms with Crippen molar-refractivity contribution >= 4 is 39.8 Å². The molecule has 0 unspecified atom stereocenters. The van der Waals surface area contributed by atoms with E-state index in [1.165, 1.54) is 5.01 Å². The molecule has 30 heavy (non-hydrogen) atoms. The van der Waals surface area contributed by atoms with E-state index < -0.39 is 0 Å². The van der Waals surface area contributed by atoms with Gasteiger partial charge in [0.05, 0.1) is 5.69 Å². The van der Waals surface area contributed by atoms with Crippen LogP contribution in [0.4, 0.5) is 5.69 Å². The van der Waals surface area contributed by atoms with E-state index in [-0.39, 0.29) is 28.0 Å². The van der Waals surface area contributed by atoms with E-state index >= 15 is 0 Å². The molecule has 0 aromatic heterocycles. The van der Waals surface area contributed by atoms with Crippen LogP contribution in [0.25, 0.3) is 0 Å². The molecule has 0 saturated heterocycles. The fourth-order valence-corrected chi connectivity index (χ4v) is 4.48. The zero-order valence-corrected chi connectivity index (χ0v) is 16.4. The second-order valence-electron chi connectivity index (χ2n) is 6.73. The lowest BCUT2D eigenvalue weighted by Gasteiger charge is -2.16. The highest BCUT2D eigenvalue weighted by molar-refractivity contribution is 8.19. The van der Waals surface area contributed by atoms with Crippen molar-refractivity contribution in [2.75, 3.05) is 5.01 Å². The van der Waals surface area contributed by atoms with Gasteiger partial charge in [0.15, 0.2) is 16.6 Å². The summed E-state index contributed by atoms with van der Waals surface area (Å²) in [6.45, 7) is 0. The van der Waals surface area contributed by atoms with Crippen LogP contribution in [0.1, 0.15) is 31.1 Å². The maximum Gasteiger partial charge on any atom is 0.220 e. The van der Waals surface area contributed by atoms with Gasteiger partial charge in [-0.25, -0.2) is 5.01 Å². The van der Waals surface area contributed by atoms with Crippen LogP contribution >= 0.6 is 11.8 Å². The molecule has 5 nitrogen and oxygen atoms in total. The highest BCUT2D eigenvalue weighted by atomic mass is 32.2. The van der Waals surface area contributed by atoms with Gasteiger partial charge < -0.3 is 0 Å². The Morgan fingerprint density at radius 1 is 0.733 bits per heavy atom. The molecule has 0 fully saturated rings. The number of allylic oxidation sites excluding steroid dienone is 1. The first-order chi connectivity index (χ1) is 14.6. The summed E-state index contributed by atoms with van der Waals surface area (Å²) >= 11 is 1.06. The van der Waals surface area contributed by atoms with Crippen molar-refractivity contribution in [1.82, 2.24) is 0 Å². The van der Waals surface area contributed by atoms with E-state index in [1.54, 1.807) is 48.5 Å². The van der Waals surface area contributed by atoms with Crippen molar-refractivity contribution in [1.29, 1.82) is 0 Å².